The zero-order valence-corrected chi connectivity index (χ0v) is 15.2. The second-order valence-corrected chi connectivity index (χ2v) is 7.39. The zero-order valence-electron chi connectivity index (χ0n) is 20.2. The number of hydrogen-bond donors (Lipinski definition) is 0. The Balaban J connectivity index is 2.12. The van der Waals surface area contributed by atoms with Gasteiger partial charge in [0.05, 0.1) is 5.69 Å². The first kappa shape index (κ1) is 12.0. The highest BCUT2D eigenvalue weighted by molar-refractivity contribution is 5.74. The van der Waals surface area contributed by atoms with Gasteiger partial charge in [-0.15, -0.1) is 0 Å². The Morgan fingerprint density at radius 2 is 1.72 bits per heavy atom. The van der Waals surface area contributed by atoms with Gasteiger partial charge in [-0.25, -0.2) is 0 Å². The molecule has 0 amide bonds. The highest BCUT2D eigenvalue weighted by Gasteiger charge is 2.14. The van der Waals surface area contributed by atoms with Crippen LogP contribution in [-0.2, 0) is 6.37 Å². The summed E-state index contributed by atoms with van der Waals surface area (Å²) in [7, 11) is 0. The number of aromatic nitrogens is 1. The predicted octanol–water partition coefficient (Wildman–Crippen LogP) is 6.62. The third kappa shape index (κ3) is 4.17. The van der Waals surface area contributed by atoms with E-state index in [1.165, 1.54) is 0 Å². The Morgan fingerprint density at radius 3 is 2.36 bits per heavy atom. The fourth-order valence-corrected chi connectivity index (χ4v) is 2.81. The summed E-state index contributed by atoms with van der Waals surface area (Å²) < 4.78 is 40.8. The van der Waals surface area contributed by atoms with Crippen molar-refractivity contribution in [1.29, 1.82) is 0 Å². The van der Waals surface area contributed by atoms with Crippen LogP contribution in [0.1, 0.15) is 44.3 Å². The van der Waals surface area contributed by atoms with Crippen LogP contribution in [-0.4, -0.2) is 4.98 Å². The molecule has 0 radical (unpaired) electrons. The van der Waals surface area contributed by atoms with Gasteiger partial charge < -0.3 is 0 Å². The fourth-order valence-electron chi connectivity index (χ4n) is 2.81. The van der Waals surface area contributed by atoms with Crippen molar-refractivity contribution in [2.24, 2.45) is 5.41 Å². The molecule has 0 unspecified atom stereocenters. The first-order valence-electron chi connectivity index (χ1n) is 11.0. The summed E-state index contributed by atoms with van der Waals surface area (Å²) in [5.41, 5.74) is 4.10. The van der Waals surface area contributed by atoms with Crippen LogP contribution < -0.4 is 0 Å². The molecule has 0 fully saturated rings. The number of nitrogens with zero attached hydrogens (tertiary/aromatic N) is 1. The van der Waals surface area contributed by atoms with E-state index in [1.54, 1.807) is 18.3 Å². The molecular formula is C24H27N. The number of aryl methyl sites for hydroxylation is 2. The second kappa shape index (κ2) is 6.84. The molecule has 1 heteroatoms. The van der Waals surface area contributed by atoms with Gasteiger partial charge in [-0.05, 0) is 65.5 Å². The van der Waals surface area contributed by atoms with Gasteiger partial charge in [0.2, 0.25) is 0 Å². The molecule has 0 spiro atoms. The molecule has 0 bridgehead atoms. The van der Waals surface area contributed by atoms with Gasteiger partial charge in [-0.1, -0.05) is 63.2 Å². The van der Waals surface area contributed by atoms with Crippen molar-refractivity contribution >= 4 is 0 Å². The highest BCUT2D eigenvalue weighted by Crippen LogP contribution is 2.30. The van der Waals surface area contributed by atoms with E-state index in [1.807, 2.05) is 70.2 Å². The standard InChI is InChI=1S/C24H27N/c1-17-11-12-20(14-22(17)19-9-7-6-8-10-19)23-13-18(2)21(16-25-23)15-24(3,4)5/h6-14,16H,15H2,1-5H3/i1D3,15D2. The van der Waals surface area contributed by atoms with Crippen molar-refractivity contribution in [2.45, 2.75) is 40.9 Å². The van der Waals surface area contributed by atoms with Gasteiger partial charge in [0.15, 0.2) is 0 Å². The van der Waals surface area contributed by atoms with E-state index >= 15 is 0 Å². The monoisotopic (exact) mass is 334 g/mol. The molecular weight excluding hydrogens is 302 g/mol. The molecule has 0 N–H and O–H groups in total. The van der Waals surface area contributed by atoms with Gasteiger partial charge in [0.25, 0.3) is 0 Å². The molecule has 25 heavy (non-hydrogen) atoms. The van der Waals surface area contributed by atoms with E-state index in [9.17, 15) is 0 Å². The molecule has 3 aromatic rings. The Hall–Kier alpha value is -2.41. The van der Waals surface area contributed by atoms with E-state index in [-0.39, 0.29) is 0 Å². The van der Waals surface area contributed by atoms with Gasteiger partial charge in [-0.2, -0.15) is 0 Å². The Bertz CT molecular complexity index is 1050. The van der Waals surface area contributed by atoms with Crippen LogP contribution >= 0.6 is 0 Å². The van der Waals surface area contributed by atoms with Crippen LogP contribution in [0.3, 0.4) is 0 Å². The summed E-state index contributed by atoms with van der Waals surface area (Å²) in [6, 6.07) is 16.6. The van der Waals surface area contributed by atoms with E-state index in [4.69, 9.17) is 6.85 Å². The number of rotatable bonds is 3. The van der Waals surface area contributed by atoms with Crippen LogP contribution in [0.4, 0.5) is 0 Å². The normalized spacial score (nSPS) is 15.6. The van der Waals surface area contributed by atoms with Crippen molar-refractivity contribution in [3.63, 3.8) is 0 Å². The molecule has 128 valence electrons. The molecule has 0 atom stereocenters. The lowest BCUT2D eigenvalue weighted by Crippen LogP contribution is -2.10. The van der Waals surface area contributed by atoms with Crippen LogP contribution in [0.15, 0.2) is 60.8 Å². The van der Waals surface area contributed by atoms with Crippen LogP contribution in [0, 0.1) is 19.2 Å². The summed E-state index contributed by atoms with van der Waals surface area (Å²) in [6.07, 6.45) is 0.0820. The Morgan fingerprint density at radius 1 is 0.960 bits per heavy atom. The maximum Gasteiger partial charge on any atom is 0.0705 e. The van der Waals surface area contributed by atoms with Gasteiger partial charge >= 0.3 is 0 Å². The Kier molecular flexibility index (Phi) is 3.29. The lowest BCUT2D eigenvalue weighted by Gasteiger charge is -2.19. The molecule has 0 aliphatic carbocycles. The van der Waals surface area contributed by atoms with Crippen LogP contribution in [0.2, 0.25) is 0 Å². The van der Waals surface area contributed by atoms with E-state index < -0.39 is 18.6 Å². The number of hydrogen-bond acceptors (Lipinski definition) is 1. The van der Waals surface area contributed by atoms with Crippen LogP contribution in [0.25, 0.3) is 22.4 Å². The summed E-state index contributed by atoms with van der Waals surface area (Å²) in [4.78, 5) is 4.54. The number of pyridine rings is 1. The molecule has 3 rings (SSSR count). The predicted molar refractivity (Wildman–Crippen MR) is 108 cm³/mol. The molecule has 1 heterocycles. The summed E-state index contributed by atoms with van der Waals surface area (Å²) in [6.45, 7) is 5.29. The van der Waals surface area contributed by atoms with Crippen molar-refractivity contribution < 1.29 is 6.85 Å². The van der Waals surface area contributed by atoms with E-state index in [2.05, 4.69) is 4.98 Å². The lowest BCUT2D eigenvalue weighted by molar-refractivity contribution is 0.410. The first-order chi connectivity index (χ1) is 13.8. The minimum Gasteiger partial charge on any atom is -0.256 e. The topological polar surface area (TPSA) is 12.9 Å². The lowest BCUT2D eigenvalue weighted by atomic mass is 9.87. The van der Waals surface area contributed by atoms with Gasteiger partial charge in [0.1, 0.15) is 0 Å². The third-order valence-electron chi connectivity index (χ3n) is 4.02. The smallest absolute Gasteiger partial charge is 0.0705 e. The molecule has 0 aliphatic rings. The highest BCUT2D eigenvalue weighted by atomic mass is 14.7. The largest absolute Gasteiger partial charge is 0.256 e. The van der Waals surface area contributed by atoms with E-state index in [0.717, 1.165) is 16.7 Å². The van der Waals surface area contributed by atoms with Gasteiger partial charge in [-0.3, -0.25) is 4.98 Å². The molecule has 2 aromatic carbocycles. The summed E-state index contributed by atoms with van der Waals surface area (Å²) >= 11 is 0. The fraction of sp³-hybridized carbons (Fsp3) is 0.292. The number of benzene rings is 2. The summed E-state index contributed by atoms with van der Waals surface area (Å²) in [5.74, 6) is 0. The zero-order chi connectivity index (χ0) is 22.3. The average Bonchev–Trinajstić information content (AvgIpc) is 2.66. The molecule has 1 nitrogen and oxygen atoms in total. The molecule has 0 aliphatic heterocycles. The van der Waals surface area contributed by atoms with Crippen LogP contribution in [0.5, 0.6) is 0 Å². The second-order valence-electron chi connectivity index (χ2n) is 7.39. The minimum absolute atomic E-state index is 0.301. The maximum atomic E-state index is 8.54. The summed E-state index contributed by atoms with van der Waals surface area (Å²) in [5, 5.41) is 0. The van der Waals surface area contributed by atoms with Crippen molar-refractivity contribution in [3.05, 3.63) is 77.5 Å². The molecule has 0 saturated carbocycles. The first-order valence-corrected chi connectivity index (χ1v) is 8.50. The molecule has 0 saturated heterocycles. The van der Waals surface area contributed by atoms with Crippen molar-refractivity contribution in [3.8, 4) is 22.4 Å². The minimum atomic E-state index is -2.22. The van der Waals surface area contributed by atoms with Crippen molar-refractivity contribution in [2.75, 3.05) is 0 Å². The van der Waals surface area contributed by atoms with E-state index in [0.29, 0.717) is 22.4 Å². The molecule has 1 aromatic heterocycles. The maximum absolute atomic E-state index is 8.54. The van der Waals surface area contributed by atoms with Gasteiger partial charge in [0, 0.05) is 18.6 Å². The SMILES string of the molecule is [2H]C([2H])([2H])c1ccc(-c2cc(C)c(C([2H])([2H])C(C)(C)C)cn2)cc1-c1ccccc1. The quantitative estimate of drug-likeness (QED) is 0.524. The Labute approximate surface area is 158 Å². The average molecular weight is 335 g/mol. The third-order valence-corrected chi connectivity index (χ3v) is 4.02. The van der Waals surface area contributed by atoms with Crippen molar-refractivity contribution in [1.82, 2.24) is 4.98 Å².